The second kappa shape index (κ2) is 8.43. The van der Waals surface area contributed by atoms with E-state index in [1.165, 1.54) is 48.5 Å². The van der Waals surface area contributed by atoms with Crippen molar-refractivity contribution in [2.75, 3.05) is 0 Å². The number of carboxylic acids is 2. The monoisotopic (exact) mass is 359 g/mol. The van der Waals surface area contributed by atoms with Gasteiger partial charge in [-0.1, -0.05) is 36.4 Å². The summed E-state index contributed by atoms with van der Waals surface area (Å²) < 4.78 is 9.52. The third-order valence-electron chi connectivity index (χ3n) is 3.25. The molecule has 0 saturated carbocycles. The number of benzene rings is 2. The van der Waals surface area contributed by atoms with Crippen LogP contribution in [0.4, 0.5) is 0 Å². The molecule has 2 atom stereocenters. The lowest BCUT2D eigenvalue weighted by Crippen LogP contribution is -2.45. The van der Waals surface area contributed by atoms with Crippen molar-refractivity contribution in [2.45, 2.75) is 12.2 Å². The number of hydrogen-bond donors (Lipinski definition) is 2. The number of carbonyl (C=O) groups is 4. The molecule has 0 spiro atoms. The van der Waals surface area contributed by atoms with Crippen molar-refractivity contribution in [3.05, 3.63) is 71.8 Å². The second-order valence-corrected chi connectivity index (χ2v) is 5.06. The van der Waals surface area contributed by atoms with E-state index in [1.807, 2.05) is 0 Å². The zero-order chi connectivity index (χ0) is 19.1. The number of hydrogen-bond acceptors (Lipinski definition) is 6. The molecule has 0 aliphatic heterocycles. The van der Waals surface area contributed by atoms with E-state index in [9.17, 15) is 29.4 Å². The summed E-state index contributed by atoms with van der Waals surface area (Å²) in [5.74, 6) is -5.63. The first-order valence-corrected chi connectivity index (χ1v) is 7.38. The predicted octanol–water partition coefficient (Wildman–Crippen LogP) is 1.72. The van der Waals surface area contributed by atoms with Gasteiger partial charge in [0.2, 0.25) is 12.2 Å². The van der Waals surface area contributed by atoms with Crippen molar-refractivity contribution in [1.29, 1.82) is 0 Å². The van der Waals surface area contributed by atoms with Crippen molar-refractivity contribution < 1.29 is 40.3 Å². The van der Waals surface area contributed by atoms with Crippen molar-refractivity contribution in [2.24, 2.45) is 0 Å². The molecule has 0 aromatic heterocycles. The number of esters is 2. The normalized spacial score (nSPS) is 12.5. The molecule has 8 nitrogen and oxygen atoms in total. The minimum Gasteiger partial charge on any atom is -0.478 e. The lowest BCUT2D eigenvalue weighted by molar-refractivity contribution is -0.166. The fourth-order valence-electron chi connectivity index (χ4n) is 2.00. The first-order chi connectivity index (χ1) is 12.4. The van der Waals surface area contributed by atoms with Gasteiger partial charge in [0, 0.05) is 0 Å². The summed E-state index contributed by atoms with van der Waals surface area (Å²) in [6, 6.07) is 14.8. The largest absolute Gasteiger partial charge is 1.00 e. The van der Waals surface area contributed by atoms with Gasteiger partial charge in [-0.2, -0.15) is 0 Å². The van der Waals surface area contributed by atoms with Crippen LogP contribution in [0.25, 0.3) is 0 Å². The first-order valence-electron chi connectivity index (χ1n) is 7.38. The van der Waals surface area contributed by atoms with Crippen LogP contribution in [0.2, 0.25) is 0 Å². The average molecular weight is 359 g/mol. The molecule has 2 aromatic carbocycles. The molecule has 0 saturated heterocycles. The average Bonchev–Trinajstić information content (AvgIpc) is 2.65. The number of carboxylic acid groups (broad SMARTS) is 2. The molecule has 0 heterocycles. The molecule has 26 heavy (non-hydrogen) atoms. The molecule has 0 bridgehead atoms. The maximum atomic E-state index is 12.0. The molecule has 2 unspecified atom stereocenters. The maximum Gasteiger partial charge on any atom is 1.00 e. The smallest absolute Gasteiger partial charge is 0.478 e. The van der Waals surface area contributed by atoms with E-state index in [0.717, 1.165) is 0 Å². The summed E-state index contributed by atoms with van der Waals surface area (Å²) in [7, 11) is 0. The van der Waals surface area contributed by atoms with Crippen LogP contribution in [0, 0.1) is 0 Å². The van der Waals surface area contributed by atoms with Crippen LogP contribution < -0.4 is 0 Å². The second-order valence-electron chi connectivity index (χ2n) is 5.06. The van der Waals surface area contributed by atoms with E-state index < -0.39 is 36.1 Å². The SMILES string of the molecule is O=C(OC(C(=O)O)C(OC(=O)c1ccccc1)C(=O)O)c1ccccc1.[H+]. The van der Waals surface area contributed by atoms with Gasteiger partial charge >= 0.3 is 25.3 Å². The Morgan fingerprint density at radius 3 is 1.23 bits per heavy atom. The predicted molar refractivity (Wildman–Crippen MR) is 87.7 cm³/mol. The van der Waals surface area contributed by atoms with Gasteiger partial charge in [-0.3, -0.25) is 0 Å². The first kappa shape index (κ1) is 18.7. The highest BCUT2D eigenvalue weighted by molar-refractivity contribution is 5.95. The summed E-state index contributed by atoms with van der Waals surface area (Å²) in [4.78, 5) is 46.8. The van der Waals surface area contributed by atoms with E-state index in [2.05, 4.69) is 0 Å². The van der Waals surface area contributed by atoms with Crippen LogP contribution in [-0.4, -0.2) is 46.3 Å². The Balaban J connectivity index is 0.00000364. The van der Waals surface area contributed by atoms with Gasteiger partial charge in [0.05, 0.1) is 11.1 Å². The Morgan fingerprint density at radius 2 is 0.962 bits per heavy atom. The van der Waals surface area contributed by atoms with Gasteiger partial charge in [-0.25, -0.2) is 19.2 Å². The molecule has 0 radical (unpaired) electrons. The van der Waals surface area contributed by atoms with Gasteiger partial charge in [0.15, 0.2) is 0 Å². The standard InChI is InChI=1S/C18H14O8/c19-15(20)13(25-17(23)11-7-3-1-4-8-11)14(16(21)22)26-18(24)12-9-5-2-6-10-12/h1-10,13-14H,(H,19,20)(H,21,22)/p+1. The van der Waals surface area contributed by atoms with E-state index in [0.29, 0.717) is 0 Å². The van der Waals surface area contributed by atoms with E-state index in [1.54, 1.807) is 12.1 Å². The molecule has 2 aromatic rings. The summed E-state index contributed by atoms with van der Waals surface area (Å²) >= 11 is 0. The van der Waals surface area contributed by atoms with Crippen LogP contribution in [0.1, 0.15) is 22.1 Å². The molecular formula is C18H15O8+. The Morgan fingerprint density at radius 1 is 0.654 bits per heavy atom. The van der Waals surface area contributed by atoms with Gasteiger partial charge in [0.1, 0.15) is 0 Å². The van der Waals surface area contributed by atoms with Crippen molar-refractivity contribution in [1.82, 2.24) is 0 Å². The lowest BCUT2D eigenvalue weighted by atomic mass is 10.1. The van der Waals surface area contributed by atoms with Gasteiger partial charge in [0.25, 0.3) is 0 Å². The van der Waals surface area contributed by atoms with Crippen LogP contribution in [0.3, 0.4) is 0 Å². The molecule has 2 N–H and O–H groups in total. The highest BCUT2D eigenvalue weighted by Crippen LogP contribution is 2.13. The van der Waals surface area contributed by atoms with Crippen LogP contribution in [0.5, 0.6) is 0 Å². The van der Waals surface area contributed by atoms with Gasteiger partial charge in [-0.15, -0.1) is 0 Å². The van der Waals surface area contributed by atoms with E-state index in [4.69, 9.17) is 9.47 Å². The molecule has 0 fully saturated rings. The minimum absolute atomic E-state index is 0. The van der Waals surface area contributed by atoms with Crippen molar-refractivity contribution in [3.8, 4) is 0 Å². The molecule has 0 aliphatic carbocycles. The Hall–Kier alpha value is -3.68. The number of carbonyl (C=O) groups excluding carboxylic acids is 2. The number of rotatable bonds is 7. The third-order valence-corrected chi connectivity index (χ3v) is 3.25. The molecule has 0 aliphatic rings. The highest BCUT2D eigenvalue weighted by atomic mass is 16.6. The third kappa shape index (κ3) is 4.67. The van der Waals surface area contributed by atoms with E-state index >= 15 is 0 Å². The molecule has 0 amide bonds. The van der Waals surface area contributed by atoms with Crippen molar-refractivity contribution >= 4 is 23.9 Å². The lowest BCUT2D eigenvalue weighted by Gasteiger charge is -2.21. The molecule has 2 rings (SSSR count). The Labute approximate surface area is 149 Å². The summed E-state index contributed by atoms with van der Waals surface area (Å²) in [5.41, 5.74) is 0.0505. The van der Waals surface area contributed by atoms with Crippen LogP contribution in [0.15, 0.2) is 60.7 Å². The zero-order valence-corrected chi connectivity index (χ0v) is 13.3. The molecule has 134 valence electrons. The maximum absolute atomic E-state index is 12.0. The molecule has 8 heteroatoms. The minimum atomic E-state index is -2.21. The molecular weight excluding hydrogens is 344 g/mol. The quantitative estimate of drug-likeness (QED) is 0.715. The zero-order valence-electron chi connectivity index (χ0n) is 14.3. The van der Waals surface area contributed by atoms with Crippen LogP contribution in [-0.2, 0) is 19.1 Å². The van der Waals surface area contributed by atoms with Crippen LogP contribution >= 0.6 is 0 Å². The van der Waals surface area contributed by atoms with Gasteiger partial charge in [-0.05, 0) is 24.3 Å². The summed E-state index contributed by atoms with van der Waals surface area (Å²) in [5, 5.41) is 18.5. The summed E-state index contributed by atoms with van der Waals surface area (Å²) in [6.45, 7) is 0. The summed E-state index contributed by atoms with van der Waals surface area (Å²) in [6.07, 6.45) is -4.43. The van der Waals surface area contributed by atoms with Gasteiger partial charge < -0.3 is 19.7 Å². The van der Waals surface area contributed by atoms with E-state index in [-0.39, 0.29) is 12.6 Å². The number of aliphatic carboxylic acids is 2. The topological polar surface area (TPSA) is 127 Å². The van der Waals surface area contributed by atoms with Crippen molar-refractivity contribution in [3.63, 3.8) is 0 Å². The number of ether oxygens (including phenoxy) is 2. The Kier molecular flexibility index (Phi) is 6.05. The fraction of sp³-hybridized carbons (Fsp3) is 0.111. The Bertz CT molecular complexity index is 737. The fourth-order valence-corrected chi connectivity index (χ4v) is 2.00. The highest BCUT2D eigenvalue weighted by Gasteiger charge is 2.40.